The van der Waals surface area contributed by atoms with Gasteiger partial charge in [-0.05, 0) is 62.9 Å². The molecular formula is C31H40N4O5. The first-order chi connectivity index (χ1) is 19.2. The van der Waals surface area contributed by atoms with Crippen LogP contribution in [0.4, 0.5) is 11.4 Å². The Labute approximate surface area is 235 Å². The van der Waals surface area contributed by atoms with Gasteiger partial charge in [0.15, 0.2) is 0 Å². The van der Waals surface area contributed by atoms with Crippen molar-refractivity contribution < 1.29 is 24.2 Å². The molecular weight excluding hydrogens is 508 g/mol. The maximum atomic E-state index is 13.9. The minimum Gasteiger partial charge on any atom is -0.395 e. The number of hydrogen-bond donors (Lipinski definition) is 3. The molecule has 40 heavy (non-hydrogen) atoms. The zero-order valence-corrected chi connectivity index (χ0v) is 23.7. The Hall–Kier alpha value is -3.43. The molecule has 3 heterocycles. The molecule has 3 unspecified atom stereocenters. The number of nitrogens with one attached hydrogen (secondary N) is 2. The van der Waals surface area contributed by atoms with E-state index < -0.39 is 29.1 Å². The average molecular weight is 549 g/mol. The lowest BCUT2D eigenvalue weighted by Crippen LogP contribution is -2.54. The molecule has 2 bridgehead atoms. The highest BCUT2D eigenvalue weighted by atomic mass is 16.5. The van der Waals surface area contributed by atoms with E-state index in [2.05, 4.69) is 29.4 Å². The van der Waals surface area contributed by atoms with Crippen LogP contribution in [0.25, 0.3) is 0 Å². The van der Waals surface area contributed by atoms with Crippen LogP contribution in [0.1, 0.15) is 39.7 Å². The lowest BCUT2D eigenvalue weighted by molar-refractivity contribution is -0.146. The molecule has 5 rings (SSSR count). The normalized spacial score (nSPS) is 30.3. The number of ether oxygens (including phenoxy) is 1. The molecule has 9 nitrogen and oxygen atoms in total. The Bertz CT molecular complexity index is 1250. The Balaban J connectivity index is 1.42. The standard InChI is InChI=1S/C31H40N4O5/c1-5-34(6-2)23-14-12-22(13-15-23)33-28(38)26-31-18-20(3)30(4,40-31)24(25(31)29(39)35(26)16-17-36)27(37)32-19-21-10-8-7-9-11-21/h7-15,20,24-26,36H,5-6,16-19H2,1-4H3,(H,32,37)(H,33,38)/t20?,24-,25+,26?,30+,31?/m1/s1. The van der Waals surface area contributed by atoms with Crippen molar-refractivity contribution in [2.75, 3.05) is 36.5 Å². The fourth-order valence-corrected chi connectivity index (χ4v) is 7.24. The van der Waals surface area contributed by atoms with Crippen LogP contribution >= 0.6 is 0 Å². The highest BCUT2D eigenvalue weighted by molar-refractivity contribution is 6.03. The van der Waals surface area contributed by atoms with Gasteiger partial charge in [0.25, 0.3) is 0 Å². The summed E-state index contributed by atoms with van der Waals surface area (Å²) < 4.78 is 6.70. The number of benzene rings is 2. The third-order valence-electron chi connectivity index (χ3n) is 9.26. The molecule has 9 heteroatoms. The number of anilines is 2. The molecule has 3 N–H and O–H groups in total. The van der Waals surface area contributed by atoms with Crippen molar-refractivity contribution in [3.8, 4) is 0 Å². The van der Waals surface area contributed by atoms with Gasteiger partial charge in [0.05, 0.1) is 24.0 Å². The summed E-state index contributed by atoms with van der Waals surface area (Å²) in [5.41, 5.74) is 0.581. The highest BCUT2D eigenvalue weighted by Gasteiger charge is 2.79. The summed E-state index contributed by atoms with van der Waals surface area (Å²) in [4.78, 5) is 45.2. The first-order valence-electron chi connectivity index (χ1n) is 14.3. The van der Waals surface area contributed by atoms with Crippen LogP contribution < -0.4 is 15.5 Å². The summed E-state index contributed by atoms with van der Waals surface area (Å²) in [5.74, 6) is -2.56. The summed E-state index contributed by atoms with van der Waals surface area (Å²) in [7, 11) is 0. The zero-order valence-electron chi connectivity index (χ0n) is 23.7. The highest BCUT2D eigenvalue weighted by Crippen LogP contribution is 2.65. The minimum atomic E-state index is -1.15. The van der Waals surface area contributed by atoms with Crippen molar-refractivity contribution in [1.29, 1.82) is 0 Å². The lowest BCUT2D eigenvalue weighted by atomic mass is 9.62. The summed E-state index contributed by atoms with van der Waals surface area (Å²) in [5, 5.41) is 15.8. The summed E-state index contributed by atoms with van der Waals surface area (Å²) >= 11 is 0. The maximum Gasteiger partial charge on any atom is 0.250 e. The average Bonchev–Trinajstić information content (AvgIpc) is 3.46. The topological polar surface area (TPSA) is 111 Å². The smallest absolute Gasteiger partial charge is 0.250 e. The Morgan fingerprint density at radius 2 is 1.75 bits per heavy atom. The van der Waals surface area contributed by atoms with Gasteiger partial charge < -0.3 is 30.3 Å². The van der Waals surface area contributed by atoms with Crippen molar-refractivity contribution in [3.05, 3.63) is 60.2 Å². The molecule has 0 aromatic heterocycles. The van der Waals surface area contributed by atoms with E-state index in [4.69, 9.17) is 4.74 Å². The number of aliphatic hydroxyl groups is 1. The van der Waals surface area contributed by atoms with Gasteiger partial charge in [-0.1, -0.05) is 37.3 Å². The van der Waals surface area contributed by atoms with Crippen LogP contribution in [0.2, 0.25) is 0 Å². The van der Waals surface area contributed by atoms with Gasteiger partial charge in [0, 0.05) is 37.6 Å². The molecule has 6 atom stereocenters. The molecule has 0 saturated carbocycles. The second kappa shape index (κ2) is 10.9. The monoisotopic (exact) mass is 548 g/mol. The van der Waals surface area contributed by atoms with Gasteiger partial charge in [-0.15, -0.1) is 0 Å². The number of hydrogen-bond acceptors (Lipinski definition) is 6. The number of rotatable bonds is 10. The number of fused-ring (bicyclic) bond motifs is 1. The maximum absolute atomic E-state index is 13.9. The van der Waals surface area contributed by atoms with Crippen molar-refractivity contribution in [2.45, 2.75) is 57.9 Å². The van der Waals surface area contributed by atoms with Gasteiger partial charge >= 0.3 is 0 Å². The summed E-state index contributed by atoms with van der Waals surface area (Å²) in [6.45, 7) is 9.87. The quantitative estimate of drug-likeness (QED) is 0.421. The zero-order chi connectivity index (χ0) is 28.7. The van der Waals surface area contributed by atoms with E-state index in [1.54, 1.807) is 0 Å². The Morgan fingerprint density at radius 3 is 2.38 bits per heavy atom. The van der Waals surface area contributed by atoms with E-state index in [1.165, 1.54) is 4.90 Å². The van der Waals surface area contributed by atoms with Gasteiger partial charge in [0.1, 0.15) is 11.6 Å². The number of likely N-dealkylation sites (tertiary alicyclic amines) is 1. The number of nitrogens with zero attached hydrogens (tertiary/aromatic N) is 2. The molecule has 0 aliphatic carbocycles. The van der Waals surface area contributed by atoms with E-state index in [-0.39, 0.29) is 36.8 Å². The fourth-order valence-electron chi connectivity index (χ4n) is 7.24. The Morgan fingerprint density at radius 1 is 1.07 bits per heavy atom. The van der Waals surface area contributed by atoms with E-state index in [9.17, 15) is 19.5 Å². The molecule has 2 aromatic carbocycles. The first kappa shape index (κ1) is 28.1. The number of carbonyl (C=O) groups is 3. The summed E-state index contributed by atoms with van der Waals surface area (Å²) in [6, 6.07) is 16.3. The van der Waals surface area contributed by atoms with Crippen molar-refractivity contribution in [1.82, 2.24) is 10.2 Å². The molecule has 214 valence electrons. The molecule has 0 radical (unpaired) electrons. The molecule has 1 spiro atoms. The number of amides is 3. The van der Waals surface area contributed by atoms with Gasteiger partial charge in [-0.3, -0.25) is 14.4 Å². The van der Waals surface area contributed by atoms with Crippen molar-refractivity contribution in [3.63, 3.8) is 0 Å². The summed E-state index contributed by atoms with van der Waals surface area (Å²) in [6.07, 6.45) is 0.475. The molecule has 3 fully saturated rings. The molecule has 3 saturated heterocycles. The molecule has 3 aliphatic rings. The number of aliphatic hydroxyl groups excluding tert-OH is 1. The molecule has 3 amide bonds. The van der Waals surface area contributed by atoms with Gasteiger partial charge in [-0.2, -0.15) is 0 Å². The predicted molar refractivity (Wildman–Crippen MR) is 152 cm³/mol. The lowest BCUT2D eigenvalue weighted by Gasteiger charge is -2.36. The van der Waals surface area contributed by atoms with Crippen molar-refractivity contribution in [2.24, 2.45) is 17.8 Å². The van der Waals surface area contributed by atoms with Crippen LogP contribution in [0.5, 0.6) is 0 Å². The fraction of sp³-hybridized carbons (Fsp3) is 0.516. The third kappa shape index (κ3) is 4.45. The van der Waals surface area contributed by atoms with E-state index in [0.717, 1.165) is 24.3 Å². The van der Waals surface area contributed by atoms with Gasteiger partial charge in [0.2, 0.25) is 17.7 Å². The first-order valence-corrected chi connectivity index (χ1v) is 14.3. The van der Waals surface area contributed by atoms with E-state index >= 15 is 0 Å². The minimum absolute atomic E-state index is 0.0110. The third-order valence-corrected chi connectivity index (χ3v) is 9.26. The second-order valence-corrected chi connectivity index (χ2v) is 11.4. The largest absolute Gasteiger partial charge is 0.395 e. The van der Waals surface area contributed by atoms with E-state index in [0.29, 0.717) is 18.7 Å². The van der Waals surface area contributed by atoms with Crippen LogP contribution in [0.3, 0.4) is 0 Å². The van der Waals surface area contributed by atoms with Gasteiger partial charge in [-0.25, -0.2) is 0 Å². The second-order valence-electron chi connectivity index (χ2n) is 11.4. The Kier molecular flexibility index (Phi) is 7.63. The molecule has 2 aromatic rings. The number of carbonyl (C=O) groups excluding carboxylic acids is 3. The molecule has 3 aliphatic heterocycles. The number of β-amino-alcohol motifs (C(OH)–C–C–N with tert-alkyl or cyclic N) is 1. The van der Waals surface area contributed by atoms with Crippen LogP contribution in [0.15, 0.2) is 54.6 Å². The van der Waals surface area contributed by atoms with Crippen LogP contribution in [0, 0.1) is 17.8 Å². The van der Waals surface area contributed by atoms with Crippen LogP contribution in [-0.2, 0) is 25.7 Å². The SMILES string of the molecule is CCN(CC)c1ccc(NC(=O)C2N(CCO)C(=O)[C@@H]3[C@H](C(=O)NCc4ccccc4)[C@@]4(C)OC23CC4C)cc1. The predicted octanol–water partition coefficient (Wildman–Crippen LogP) is 2.79. The van der Waals surface area contributed by atoms with Crippen LogP contribution in [-0.4, -0.2) is 71.2 Å². The van der Waals surface area contributed by atoms with Crippen molar-refractivity contribution >= 4 is 29.1 Å². The van der Waals surface area contributed by atoms with E-state index in [1.807, 2.05) is 68.4 Å².